The van der Waals surface area contributed by atoms with Crippen LogP contribution >= 0.6 is 0 Å². The van der Waals surface area contributed by atoms with Gasteiger partial charge in [0, 0.05) is 38.5 Å². The summed E-state index contributed by atoms with van der Waals surface area (Å²) in [5.41, 5.74) is 15.1. The SMILES string of the molecule is c1ccc(-c2cccc(-c3nc(-c4ccccc4)nc4c3oc3c(-c5cccc(-c6ccc7c8ccccc8n(-c8ccccc8)c7c6)c5)cccc34)c2)cc1. The van der Waals surface area contributed by atoms with Crippen LogP contribution in [0, 0.1) is 0 Å². The molecule has 0 aliphatic rings. The van der Waals surface area contributed by atoms with E-state index in [2.05, 4.69) is 180 Å². The van der Waals surface area contributed by atoms with Gasteiger partial charge in [-0.15, -0.1) is 0 Å². The molecule has 0 fully saturated rings. The second-order valence-corrected chi connectivity index (χ2v) is 14.2. The maximum absolute atomic E-state index is 6.93. The van der Waals surface area contributed by atoms with Gasteiger partial charge < -0.3 is 8.98 Å². The summed E-state index contributed by atoms with van der Waals surface area (Å²) < 4.78 is 9.30. The van der Waals surface area contributed by atoms with Crippen LogP contribution in [-0.4, -0.2) is 14.5 Å². The van der Waals surface area contributed by atoms with Crippen molar-refractivity contribution < 1.29 is 4.42 Å². The molecule has 4 nitrogen and oxygen atoms in total. The lowest BCUT2D eigenvalue weighted by Gasteiger charge is -2.10. The first-order valence-corrected chi connectivity index (χ1v) is 18.9. The van der Waals surface area contributed by atoms with Crippen molar-refractivity contribution in [3.63, 3.8) is 0 Å². The lowest BCUT2D eigenvalue weighted by atomic mass is 9.97. The van der Waals surface area contributed by atoms with Crippen molar-refractivity contribution in [2.45, 2.75) is 0 Å². The summed E-state index contributed by atoms with van der Waals surface area (Å²) in [6, 6.07) is 70.3. The van der Waals surface area contributed by atoms with Gasteiger partial charge in [-0.2, -0.15) is 0 Å². The van der Waals surface area contributed by atoms with Crippen molar-refractivity contribution in [3.8, 4) is 61.7 Å². The van der Waals surface area contributed by atoms with Crippen LogP contribution in [0.5, 0.6) is 0 Å². The van der Waals surface area contributed by atoms with Gasteiger partial charge in [-0.05, 0) is 70.3 Å². The molecule has 262 valence electrons. The van der Waals surface area contributed by atoms with E-state index < -0.39 is 0 Å². The monoisotopic (exact) mass is 715 g/mol. The van der Waals surface area contributed by atoms with Gasteiger partial charge in [0.25, 0.3) is 0 Å². The highest BCUT2D eigenvalue weighted by Crippen LogP contribution is 2.41. The molecule has 0 bridgehead atoms. The molecular formula is C52H33N3O. The number of hydrogen-bond acceptors (Lipinski definition) is 3. The lowest BCUT2D eigenvalue weighted by Crippen LogP contribution is -1.94. The van der Waals surface area contributed by atoms with Crippen LogP contribution in [0.25, 0.3) is 106 Å². The van der Waals surface area contributed by atoms with Crippen molar-refractivity contribution in [2.75, 3.05) is 0 Å². The third kappa shape index (κ3) is 5.31. The highest BCUT2D eigenvalue weighted by Gasteiger charge is 2.21. The van der Waals surface area contributed by atoms with Crippen LogP contribution in [0.1, 0.15) is 0 Å². The Hall–Kier alpha value is -7.56. The molecule has 0 aliphatic heterocycles. The molecule has 0 unspecified atom stereocenters. The average molecular weight is 716 g/mol. The first kappa shape index (κ1) is 31.9. The molecule has 11 rings (SSSR count). The number of nitrogens with zero attached hydrogens (tertiary/aromatic N) is 3. The van der Waals surface area contributed by atoms with Gasteiger partial charge in [-0.25, -0.2) is 9.97 Å². The van der Waals surface area contributed by atoms with E-state index in [-0.39, 0.29) is 0 Å². The zero-order chi connectivity index (χ0) is 37.0. The Balaban J connectivity index is 1.08. The van der Waals surface area contributed by atoms with Gasteiger partial charge in [-0.1, -0.05) is 158 Å². The number of benzene rings is 8. The fourth-order valence-corrected chi connectivity index (χ4v) is 8.15. The fourth-order valence-electron chi connectivity index (χ4n) is 8.15. The summed E-state index contributed by atoms with van der Waals surface area (Å²) >= 11 is 0. The van der Waals surface area contributed by atoms with Gasteiger partial charge >= 0.3 is 0 Å². The third-order valence-corrected chi connectivity index (χ3v) is 10.8. The van der Waals surface area contributed by atoms with Gasteiger partial charge in [0.2, 0.25) is 0 Å². The van der Waals surface area contributed by atoms with Gasteiger partial charge in [-0.3, -0.25) is 0 Å². The summed E-state index contributed by atoms with van der Waals surface area (Å²) in [4.78, 5) is 10.4. The maximum atomic E-state index is 6.93. The Morgan fingerprint density at radius 1 is 0.357 bits per heavy atom. The second-order valence-electron chi connectivity index (χ2n) is 14.2. The van der Waals surface area contributed by atoms with Crippen LogP contribution in [0.15, 0.2) is 205 Å². The molecule has 0 saturated heterocycles. The van der Waals surface area contributed by atoms with Crippen LogP contribution in [0.3, 0.4) is 0 Å². The number of rotatable bonds is 6. The standard InChI is InChI=1S/C52H33N3O/c1-4-15-34(16-5-1)36-19-13-22-40(32-36)48-51-49(54-52(53-48)35-17-6-2-7-18-35)45-27-14-26-42(50(45)56-51)39-21-12-20-37(31-39)38-29-30-44-43-25-10-11-28-46(43)55(47(44)33-38)41-23-8-3-9-24-41/h1-33H. The number of fused-ring (bicyclic) bond motifs is 6. The van der Waals surface area contributed by atoms with E-state index in [0.29, 0.717) is 11.4 Å². The molecule has 0 atom stereocenters. The number of furan rings is 1. The molecule has 8 aromatic carbocycles. The van der Waals surface area contributed by atoms with Crippen molar-refractivity contribution in [3.05, 3.63) is 200 Å². The minimum absolute atomic E-state index is 0.664. The topological polar surface area (TPSA) is 43.9 Å². The van der Waals surface area contributed by atoms with E-state index in [1.807, 2.05) is 24.3 Å². The predicted octanol–water partition coefficient (Wildman–Crippen LogP) is 13.8. The van der Waals surface area contributed by atoms with Crippen LogP contribution in [-0.2, 0) is 0 Å². The van der Waals surface area contributed by atoms with E-state index in [1.165, 1.54) is 21.8 Å². The van der Waals surface area contributed by atoms with Crippen LogP contribution < -0.4 is 0 Å². The average Bonchev–Trinajstić information content (AvgIpc) is 3.83. The van der Waals surface area contributed by atoms with Gasteiger partial charge in [0.1, 0.15) is 16.8 Å². The number of para-hydroxylation sites is 3. The molecule has 11 aromatic rings. The number of aromatic nitrogens is 3. The number of hydrogen-bond donors (Lipinski definition) is 0. The Morgan fingerprint density at radius 3 is 1.73 bits per heavy atom. The van der Waals surface area contributed by atoms with E-state index in [9.17, 15) is 0 Å². The quantitative estimate of drug-likeness (QED) is 0.172. The Bertz CT molecular complexity index is 3240. The van der Waals surface area contributed by atoms with Gasteiger partial charge in [0.05, 0.1) is 11.0 Å². The first-order chi connectivity index (χ1) is 27.8. The molecule has 56 heavy (non-hydrogen) atoms. The van der Waals surface area contributed by atoms with E-state index in [4.69, 9.17) is 14.4 Å². The van der Waals surface area contributed by atoms with Gasteiger partial charge in [0.15, 0.2) is 11.4 Å². The summed E-state index contributed by atoms with van der Waals surface area (Å²) in [6.07, 6.45) is 0. The Labute approximate surface area is 323 Å². The Morgan fingerprint density at radius 2 is 0.929 bits per heavy atom. The largest absolute Gasteiger partial charge is 0.451 e. The minimum Gasteiger partial charge on any atom is -0.451 e. The normalized spacial score (nSPS) is 11.6. The van der Waals surface area contributed by atoms with Crippen LogP contribution in [0.4, 0.5) is 0 Å². The first-order valence-electron chi connectivity index (χ1n) is 18.9. The lowest BCUT2D eigenvalue weighted by molar-refractivity contribution is 0.668. The van der Waals surface area contributed by atoms with Crippen molar-refractivity contribution in [2.24, 2.45) is 0 Å². The van der Waals surface area contributed by atoms with Crippen molar-refractivity contribution >= 4 is 43.9 Å². The van der Waals surface area contributed by atoms with Crippen LogP contribution in [0.2, 0.25) is 0 Å². The molecular weight excluding hydrogens is 683 g/mol. The van der Waals surface area contributed by atoms with E-state index in [1.54, 1.807) is 0 Å². The maximum Gasteiger partial charge on any atom is 0.180 e. The zero-order valence-electron chi connectivity index (χ0n) is 30.3. The highest BCUT2D eigenvalue weighted by molar-refractivity contribution is 6.12. The molecule has 0 N–H and O–H groups in total. The summed E-state index contributed by atoms with van der Waals surface area (Å²) in [5.74, 6) is 0.664. The Kier molecular flexibility index (Phi) is 7.46. The summed E-state index contributed by atoms with van der Waals surface area (Å²) in [5, 5.41) is 3.43. The van der Waals surface area contributed by atoms with Crippen molar-refractivity contribution in [1.29, 1.82) is 0 Å². The molecule has 3 heterocycles. The fraction of sp³-hybridized carbons (Fsp3) is 0. The zero-order valence-corrected chi connectivity index (χ0v) is 30.3. The summed E-state index contributed by atoms with van der Waals surface area (Å²) in [6.45, 7) is 0. The predicted molar refractivity (Wildman–Crippen MR) is 231 cm³/mol. The molecule has 0 amide bonds. The minimum atomic E-state index is 0.664. The molecule has 3 aromatic heterocycles. The third-order valence-electron chi connectivity index (χ3n) is 10.8. The van der Waals surface area contributed by atoms with Crippen molar-refractivity contribution in [1.82, 2.24) is 14.5 Å². The highest BCUT2D eigenvalue weighted by atomic mass is 16.3. The second kappa shape index (κ2) is 13.1. The molecule has 4 heteroatoms. The van der Waals surface area contributed by atoms with E-state index in [0.717, 1.165) is 72.4 Å². The molecule has 0 saturated carbocycles. The smallest absolute Gasteiger partial charge is 0.180 e. The molecule has 0 radical (unpaired) electrons. The molecule has 0 aliphatic carbocycles. The molecule has 0 spiro atoms. The van der Waals surface area contributed by atoms with E-state index >= 15 is 0 Å². The summed E-state index contributed by atoms with van der Waals surface area (Å²) in [7, 11) is 0.